The molecule has 3 aromatic rings. The van der Waals surface area contributed by atoms with Gasteiger partial charge in [0, 0.05) is 49.3 Å². The standard InChI is InChI=1S/C26H30N4O6S/c1-32-19-3-4-20(22(13-19)33-2)28-26(37)30(6-5-29-7-9-34-10-8-29)15-18-11-17-12-23-24(36-16-35-23)14-21(17)27-25(18)31/h3-4,11-14H,5-10,15-16H2,1-2H3,(H,27,31)(H,28,37). The first-order valence-electron chi connectivity index (χ1n) is 12.1. The average molecular weight is 527 g/mol. The van der Waals surface area contributed by atoms with E-state index in [4.69, 9.17) is 35.9 Å². The van der Waals surface area contributed by atoms with Gasteiger partial charge in [0.2, 0.25) is 6.79 Å². The van der Waals surface area contributed by atoms with E-state index in [-0.39, 0.29) is 12.4 Å². The monoisotopic (exact) mass is 526 g/mol. The van der Waals surface area contributed by atoms with Crippen LogP contribution in [0.5, 0.6) is 23.0 Å². The molecule has 2 N–H and O–H groups in total. The van der Waals surface area contributed by atoms with E-state index in [1.165, 1.54) is 0 Å². The van der Waals surface area contributed by atoms with E-state index < -0.39 is 0 Å². The summed E-state index contributed by atoms with van der Waals surface area (Å²) in [6.07, 6.45) is 0. The normalized spacial score (nSPS) is 15.0. The van der Waals surface area contributed by atoms with Crippen molar-refractivity contribution in [2.24, 2.45) is 0 Å². The first-order valence-corrected chi connectivity index (χ1v) is 12.5. The third kappa shape index (κ3) is 5.74. The zero-order valence-corrected chi connectivity index (χ0v) is 21.7. The van der Waals surface area contributed by atoms with Crippen LogP contribution >= 0.6 is 12.2 Å². The number of aromatic nitrogens is 1. The maximum atomic E-state index is 13.0. The third-order valence-electron chi connectivity index (χ3n) is 6.50. The highest BCUT2D eigenvalue weighted by Crippen LogP contribution is 2.35. The number of rotatable bonds is 8. The molecular weight excluding hydrogens is 496 g/mol. The number of methoxy groups -OCH3 is 2. The molecule has 10 nitrogen and oxygen atoms in total. The SMILES string of the molecule is COc1ccc(NC(=S)N(CCN2CCOCC2)Cc2cc3cc4c(cc3[nH]c2=O)OCO4)c(OC)c1. The number of morpholine rings is 1. The van der Waals surface area contributed by atoms with Gasteiger partial charge in [0.05, 0.1) is 45.2 Å². The Morgan fingerprint density at radius 1 is 1.11 bits per heavy atom. The molecule has 1 fully saturated rings. The topological polar surface area (TPSA) is 97.5 Å². The van der Waals surface area contributed by atoms with Gasteiger partial charge in [-0.2, -0.15) is 0 Å². The van der Waals surface area contributed by atoms with Crippen molar-refractivity contribution in [2.75, 3.05) is 65.7 Å². The highest BCUT2D eigenvalue weighted by Gasteiger charge is 2.20. The van der Waals surface area contributed by atoms with Crippen molar-refractivity contribution in [3.63, 3.8) is 0 Å². The molecule has 1 saturated heterocycles. The van der Waals surface area contributed by atoms with Crippen molar-refractivity contribution in [1.29, 1.82) is 0 Å². The Bertz CT molecular complexity index is 1340. The van der Waals surface area contributed by atoms with Crippen LogP contribution in [0.2, 0.25) is 0 Å². The molecule has 3 heterocycles. The van der Waals surface area contributed by atoms with E-state index in [0.717, 1.165) is 25.0 Å². The Labute approximate surface area is 220 Å². The number of benzene rings is 2. The molecule has 0 saturated carbocycles. The van der Waals surface area contributed by atoms with Crippen LogP contribution in [0.4, 0.5) is 5.69 Å². The molecule has 196 valence electrons. The van der Waals surface area contributed by atoms with Crippen molar-refractivity contribution in [1.82, 2.24) is 14.8 Å². The minimum absolute atomic E-state index is 0.173. The Kier molecular flexibility index (Phi) is 7.63. The van der Waals surface area contributed by atoms with E-state index in [1.807, 2.05) is 29.2 Å². The summed E-state index contributed by atoms with van der Waals surface area (Å²) >= 11 is 5.83. The van der Waals surface area contributed by atoms with Crippen LogP contribution in [0.1, 0.15) is 5.56 Å². The minimum atomic E-state index is -0.174. The van der Waals surface area contributed by atoms with Gasteiger partial charge in [-0.15, -0.1) is 0 Å². The second-order valence-corrected chi connectivity index (χ2v) is 9.18. The van der Waals surface area contributed by atoms with Crippen LogP contribution in [0.3, 0.4) is 0 Å². The Balaban J connectivity index is 1.40. The number of hydrogen-bond acceptors (Lipinski definition) is 8. The summed E-state index contributed by atoms with van der Waals surface area (Å²) in [6.45, 7) is 5.08. The number of anilines is 1. The Morgan fingerprint density at radius 2 is 1.89 bits per heavy atom. The van der Waals surface area contributed by atoms with Gasteiger partial charge in [0.1, 0.15) is 11.5 Å². The van der Waals surface area contributed by atoms with Crippen molar-refractivity contribution in [3.05, 3.63) is 52.3 Å². The lowest BCUT2D eigenvalue weighted by molar-refractivity contribution is 0.0358. The van der Waals surface area contributed by atoms with Crippen molar-refractivity contribution >= 4 is 33.9 Å². The zero-order chi connectivity index (χ0) is 25.8. The van der Waals surface area contributed by atoms with Gasteiger partial charge < -0.3 is 38.9 Å². The molecule has 1 aromatic heterocycles. The molecule has 37 heavy (non-hydrogen) atoms. The van der Waals surface area contributed by atoms with Gasteiger partial charge in [-0.05, 0) is 36.5 Å². The lowest BCUT2D eigenvalue weighted by Crippen LogP contribution is -2.44. The first kappa shape index (κ1) is 25.1. The number of nitrogens with one attached hydrogen (secondary N) is 2. The smallest absolute Gasteiger partial charge is 0.253 e. The van der Waals surface area contributed by atoms with Crippen LogP contribution in [0, 0.1) is 0 Å². The average Bonchev–Trinajstić information content (AvgIpc) is 3.38. The van der Waals surface area contributed by atoms with Crippen LogP contribution in [0.15, 0.2) is 41.2 Å². The number of nitrogens with zero attached hydrogens (tertiary/aromatic N) is 2. The Morgan fingerprint density at radius 3 is 2.65 bits per heavy atom. The van der Waals surface area contributed by atoms with Crippen LogP contribution in [-0.2, 0) is 11.3 Å². The minimum Gasteiger partial charge on any atom is -0.497 e. The second-order valence-electron chi connectivity index (χ2n) is 8.79. The molecular formula is C26H30N4O6S. The van der Waals surface area contributed by atoms with Crippen LogP contribution in [-0.4, -0.2) is 80.3 Å². The number of pyridine rings is 1. The lowest BCUT2D eigenvalue weighted by Gasteiger charge is -2.31. The molecule has 5 rings (SSSR count). The van der Waals surface area contributed by atoms with Gasteiger partial charge >= 0.3 is 0 Å². The third-order valence-corrected chi connectivity index (χ3v) is 6.86. The first-order chi connectivity index (χ1) is 18.0. The molecule has 0 spiro atoms. The quantitative estimate of drug-likeness (QED) is 0.427. The van der Waals surface area contributed by atoms with Gasteiger partial charge in [-0.25, -0.2) is 0 Å². The van der Waals surface area contributed by atoms with Crippen molar-refractivity contribution < 1.29 is 23.7 Å². The molecule has 0 atom stereocenters. The van der Waals surface area contributed by atoms with Gasteiger partial charge in [-0.1, -0.05) is 0 Å². The summed E-state index contributed by atoms with van der Waals surface area (Å²) in [7, 11) is 3.20. The lowest BCUT2D eigenvalue weighted by atomic mass is 10.1. The number of H-pyrrole nitrogens is 1. The fraction of sp³-hybridized carbons (Fsp3) is 0.385. The number of ether oxygens (including phenoxy) is 5. The van der Waals surface area contributed by atoms with Gasteiger partial charge in [0.15, 0.2) is 16.6 Å². The number of fused-ring (bicyclic) bond motifs is 2. The highest BCUT2D eigenvalue weighted by atomic mass is 32.1. The maximum absolute atomic E-state index is 13.0. The summed E-state index contributed by atoms with van der Waals surface area (Å²) in [6, 6.07) is 11.0. The number of hydrogen-bond donors (Lipinski definition) is 2. The fourth-order valence-electron chi connectivity index (χ4n) is 4.40. The predicted molar refractivity (Wildman–Crippen MR) is 144 cm³/mol. The zero-order valence-electron chi connectivity index (χ0n) is 20.9. The van der Waals surface area contributed by atoms with Crippen LogP contribution in [0.25, 0.3) is 10.9 Å². The molecule has 0 unspecified atom stereocenters. The van der Waals surface area contributed by atoms with Gasteiger partial charge in [0.25, 0.3) is 5.56 Å². The predicted octanol–water partition coefficient (Wildman–Crippen LogP) is 2.81. The van der Waals surface area contributed by atoms with E-state index in [1.54, 1.807) is 26.4 Å². The van der Waals surface area contributed by atoms with E-state index >= 15 is 0 Å². The van der Waals surface area contributed by atoms with Crippen molar-refractivity contribution in [2.45, 2.75) is 6.54 Å². The molecule has 0 radical (unpaired) electrons. The number of thiocarbonyl (C=S) groups is 1. The molecule has 2 aromatic carbocycles. The summed E-state index contributed by atoms with van der Waals surface area (Å²) in [5.74, 6) is 2.58. The number of aromatic amines is 1. The second kappa shape index (κ2) is 11.2. The van der Waals surface area contributed by atoms with Crippen molar-refractivity contribution in [3.8, 4) is 23.0 Å². The molecule has 0 amide bonds. The van der Waals surface area contributed by atoms with Gasteiger partial charge in [-0.3, -0.25) is 9.69 Å². The summed E-state index contributed by atoms with van der Waals surface area (Å²) in [5.41, 5.74) is 1.83. The Hall–Kier alpha value is -3.54. The summed E-state index contributed by atoms with van der Waals surface area (Å²) < 4.78 is 27.3. The highest BCUT2D eigenvalue weighted by molar-refractivity contribution is 7.80. The molecule has 11 heteroatoms. The molecule has 0 aliphatic carbocycles. The largest absolute Gasteiger partial charge is 0.497 e. The maximum Gasteiger partial charge on any atom is 0.253 e. The molecule has 0 bridgehead atoms. The van der Waals surface area contributed by atoms with E-state index in [0.29, 0.717) is 71.2 Å². The fourth-order valence-corrected chi connectivity index (χ4v) is 4.67. The summed E-state index contributed by atoms with van der Waals surface area (Å²) in [4.78, 5) is 20.4. The van der Waals surface area contributed by atoms with E-state index in [2.05, 4.69) is 15.2 Å². The molecule has 2 aliphatic rings. The molecule has 2 aliphatic heterocycles. The van der Waals surface area contributed by atoms with Crippen LogP contribution < -0.4 is 29.8 Å². The van der Waals surface area contributed by atoms with E-state index in [9.17, 15) is 4.79 Å². The summed E-state index contributed by atoms with van der Waals surface area (Å²) in [5, 5.41) is 4.65.